The molecule has 0 spiro atoms. The van der Waals surface area contributed by atoms with Crippen LogP contribution in [-0.2, 0) is 0 Å². The van der Waals surface area contributed by atoms with E-state index in [0.717, 1.165) is 6.54 Å². The van der Waals surface area contributed by atoms with Gasteiger partial charge in [-0.05, 0) is 37.8 Å². The van der Waals surface area contributed by atoms with E-state index < -0.39 is 0 Å². The van der Waals surface area contributed by atoms with E-state index in [1.807, 2.05) is 6.20 Å². The van der Waals surface area contributed by atoms with Gasteiger partial charge in [0.25, 0.3) is 0 Å². The van der Waals surface area contributed by atoms with Gasteiger partial charge in [0.15, 0.2) is 5.82 Å². The fraction of sp³-hybridized carbons (Fsp3) is 0.583. The zero-order valence-corrected chi connectivity index (χ0v) is 9.16. The number of nitrogens with one attached hydrogen (secondary N) is 1. The quantitative estimate of drug-likeness (QED) is 0.700. The molecule has 3 heteroatoms. The van der Waals surface area contributed by atoms with Gasteiger partial charge in [0.1, 0.15) is 0 Å². The molecule has 2 aliphatic heterocycles. The Labute approximate surface area is 90.5 Å². The number of aryl methyl sites for hydroxylation is 1. The van der Waals surface area contributed by atoms with Gasteiger partial charge in [-0.15, -0.1) is 0 Å². The van der Waals surface area contributed by atoms with Crippen LogP contribution in [0.15, 0.2) is 12.3 Å². The predicted octanol–water partition coefficient (Wildman–Crippen LogP) is 2.17. The number of hydrogen-bond acceptors (Lipinski definition) is 3. The van der Waals surface area contributed by atoms with E-state index >= 15 is 0 Å². The topological polar surface area (TPSA) is 28.2 Å². The van der Waals surface area contributed by atoms with Crippen LogP contribution in [0.5, 0.6) is 0 Å². The fourth-order valence-electron chi connectivity index (χ4n) is 2.71. The molecular weight excluding hydrogens is 186 g/mol. The third-order valence-corrected chi connectivity index (χ3v) is 3.45. The first-order chi connectivity index (χ1) is 7.34. The standard InChI is InChI=1S/C12H17N3/c1-9-7-11-12(14-8-9)15-6-2-3-10(15)4-5-13-11/h7-8,10,13H,2-6H2,1H3. The van der Waals surface area contributed by atoms with E-state index in [1.165, 1.54) is 42.9 Å². The maximum Gasteiger partial charge on any atom is 0.152 e. The summed E-state index contributed by atoms with van der Waals surface area (Å²) in [4.78, 5) is 7.07. The lowest BCUT2D eigenvalue weighted by atomic mass is 10.1. The van der Waals surface area contributed by atoms with Crippen molar-refractivity contribution in [3.63, 3.8) is 0 Å². The summed E-state index contributed by atoms with van der Waals surface area (Å²) in [6, 6.07) is 2.93. The summed E-state index contributed by atoms with van der Waals surface area (Å²) in [6.45, 7) is 4.36. The first-order valence-electron chi connectivity index (χ1n) is 5.82. The molecule has 0 bridgehead atoms. The monoisotopic (exact) mass is 203 g/mol. The van der Waals surface area contributed by atoms with Crippen LogP contribution in [0.2, 0.25) is 0 Å². The van der Waals surface area contributed by atoms with E-state index in [9.17, 15) is 0 Å². The molecule has 1 fully saturated rings. The van der Waals surface area contributed by atoms with Crippen LogP contribution in [0.3, 0.4) is 0 Å². The van der Waals surface area contributed by atoms with Gasteiger partial charge in [0, 0.05) is 25.3 Å². The Bertz CT molecular complexity index is 375. The normalized spacial score (nSPS) is 24.1. The van der Waals surface area contributed by atoms with Gasteiger partial charge < -0.3 is 10.2 Å². The Kier molecular flexibility index (Phi) is 2.04. The summed E-state index contributed by atoms with van der Waals surface area (Å²) in [5.74, 6) is 1.17. The molecule has 3 heterocycles. The first kappa shape index (κ1) is 9.01. The van der Waals surface area contributed by atoms with Crippen LogP contribution in [0.1, 0.15) is 24.8 Å². The highest BCUT2D eigenvalue weighted by Crippen LogP contribution is 2.34. The predicted molar refractivity (Wildman–Crippen MR) is 62.4 cm³/mol. The molecule has 1 saturated heterocycles. The summed E-state index contributed by atoms with van der Waals surface area (Å²) < 4.78 is 0. The van der Waals surface area contributed by atoms with Crippen molar-refractivity contribution in [3.8, 4) is 0 Å². The van der Waals surface area contributed by atoms with Gasteiger partial charge in [-0.1, -0.05) is 0 Å². The van der Waals surface area contributed by atoms with Crippen LogP contribution in [0, 0.1) is 6.92 Å². The maximum absolute atomic E-state index is 4.58. The van der Waals surface area contributed by atoms with Crippen LogP contribution in [-0.4, -0.2) is 24.1 Å². The second-order valence-corrected chi connectivity index (χ2v) is 4.59. The molecule has 80 valence electrons. The third kappa shape index (κ3) is 1.46. The second-order valence-electron chi connectivity index (χ2n) is 4.59. The highest BCUT2D eigenvalue weighted by molar-refractivity contribution is 5.68. The van der Waals surface area contributed by atoms with Crippen molar-refractivity contribution >= 4 is 11.5 Å². The second kappa shape index (κ2) is 3.40. The lowest BCUT2D eigenvalue weighted by Gasteiger charge is -2.23. The van der Waals surface area contributed by atoms with Crippen molar-refractivity contribution in [2.45, 2.75) is 32.2 Å². The zero-order chi connectivity index (χ0) is 10.3. The molecular formula is C12H17N3. The summed E-state index contributed by atoms with van der Waals surface area (Å²) in [6.07, 6.45) is 5.87. The van der Waals surface area contributed by atoms with E-state index in [4.69, 9.17) is 0 Å². The van der Waals surface area contributed by atoms with Gasteiger partial charge in [0.2, 0.25) is 0 Å². The Morgan fingerprint density at radius 3 is 3.33 bits per heavy atom. The summed E-state index contributed by atoms with van der Waals surface area (Å²) in [5.41, 5.74) is 2.46. The summed E-state index contributed by atoms with van der Waals surface area (Å²) in [5, 5.41) is 3.49. The van der Waals surface area contributed by atoms with Crippen molar-refractivity contribution in [2.75, 3.05) is 23.3 Å². The van der Waals surface area contributed by atoms with Gasteiger partial charge in [0.05, 0.1) is 5.69 Å². The molecule has 0 aliphatic carbocycles. The van der Waals surface area contributed by atoms with Crippen molar-refractivity contribution in [3.05, 3.63) is 17.8 Å². The van der Waals surface area contributed by atoms with Gasteiger partial charge >= 0.3 is 0 Å². The number of hydrogen-bond donors (Lipinski definition) is 1. The Morgan fingerprint density at radius 1 is 1.47 bits per heavy atom. The SMILES string of the molecule is Cc1cnc2c(c1)NCCC1CCCN21. The van der Waals surface area contributed by atoms with Crippen LogP contribution in [0.4, 0.5) is 11.5 Å². The lowest BCUT2D eigenvalue weighted by Crippen LogP contribution is -2.29. The van der Waals surface area contributed by atoms with Gasteiger partial charge in [-0.2, -0.15) is 0 Å². The third-order valence-electron chi connectivity index (χ3n) is 3.45. The molecule has 0 saturated carbocycles. The minimum Gasteiger partial charge on any atom is -0.382 e. The number of anilines is 2. The average Bonchev–Trinajstić information content (AvgIpc) is 2.61. The minimum atomic E-state index is 0.717. The number of nitrogens with zero attached hydrogens (tertiary/aromatic N) is 2. The molecule has 0 amide bonds. The highest BCUT2D eigenvalue weighted by atomic mass is 15.3. The Morgan fingerprint density at radius 2 is 2.40 bits per heavy atom. The zero-order valence-electron chi connectivity index (χ0n) is 9.16. The molecule has 3 nitrogen and oxygen atoms in total. The lowest BCUT2D eigenvalue weighted by molar-refractivity contribution is 0.635. The van der Waals surface area contributed by atoms with Gasteiger partial charge in [-0.3, -0.25) is 0 Å². The first-order valence-corrected chi connectivity index (χ1v) is 5.82. The highest BCUT2D eigenvalue weighted by Gasteiger charge is 2.29. The van der Waals surface area contributed by atoms with E-state index in [-0.39, 0.29) is 0 Å². The molecule has 0 radical (unpaired) electrons. The summed E-state index contributed by atoms with van der Waals surface area (Å²) >= 11 is 0. The Hall–Kier alpha value is -1.25. The van der Waals surface area contributed by atoms with Crippen LogP contribution >= 0.6 is 0 Å². The maximum atomic E-state index is 4.58. The number of pyridine rings is 1. The molecule has 3 rings (SSSR count). The van der Waals surface area contributed by atoms with Crippen LogP contribution < -0.4 is 10.2 Å². The largest absolute Gasteiger partial charge is 0.382 e. The smallest absolute Gasteiger partial charge is 0.152 e. The molecule has 1 aromatic heterocycles. The molecule has 0 aromatic carbocycles. The van der Waals surface area contributed by atoms with E-state index in [1.54, 1.807) is 0 Å². The number of aromatic nitrogens is 1. The molecule has 1 N–H and O–H groups in total. The number of fused-ring (bicyclic) bond motifs is 3. The molecule has 2 aliphatic rings. The minimum absolute atomic E-state index is 0.717. The van der Waals surface area contributed by atoms with Crippen molar-refractivity contribution < 1.29 is 0 Å². The van der Waals surface area contributed by atoms with Crippen molar-refractivity contribution in [2.24, 2.45) is 0 Å². The molecule has 1 aromatic rings. The Balaban J connectivity index is 2.05. The van der Waals surface area contributed by atoms with Crippen molar-refractivity contribution in [1.82, 2.24) is 4.98 Å². The average molecular weight is 203 g/mol. The van der Waals surface area contributed by atoms with Crippen molar-refractivity contribution in [1.29, 1.82) is 0 Å². The van der Waals surface area contributed by atoms with Gasteiger partial charge in [-0.25, -0.2) is 4.98 Å². The van der Waals surface area contributed by atoms with Crippen LogP contribution in [0.25, 0.3) is 0 Å². The molecule has 1 unspecified atom stereocenters. The molecule has 15 heavy (non-hydrogen) atoms. The number of rotatable bonds is 0. The fourth-order valence-corrected chi connectivity index (χ4v) is 2.71. The summed E-state index contributed by atoms with van der Waals surface area (Å²) in [7, 11) is 0. The van der Waals surface area contributed by atoms with E-state index in [2.05, 4.69) is 28.2 Å². The molecule has 1 atom stereocenters. The van der Waals surface area contributed by atoms with E-state index in [0.29, 0.717) is 6.04 Å².